The summed E-state index contributed by atoms with van der Waals surface area (Å²) < 4.78 is 4.49. The van der Waals surface area contributed by atoms with E-state index in [1.165, 1.54) is 21.0 Å². The van der Waals surface area contributed by atoms with Gasteiger partial charge in [-0.25, -0.2) is 0 Å². The molecular formula is C13H20Cl2O4. The second-order valence-corrected chi connectivity index (χ2v) is 5.77. The predicted octanol–water partition coefficient (Wildman–Crippen LogP) is 3.79. The van der Waals surface area contributed by atoms with Crippen LogP contribution in [-0.4, -0.2) is 24.2 Å². The van der Waals surface area contributed by atoms with Crippen LogP contribution in [0.15, 0.2) is 23.2 Å². The van der Waals surface area contributed by atoms with Crippen molar-refractivity contribution in [1.82, 2.24) is 0 Å². The first-order chi connectivity index (χ1) is 8.31. The number of methoxy groups -OCH3 is 1. The molecule has 0 fully saturated rings. The number of halogens is 2. The van der Waals surface area contributed by atoms with Crippen LogP contribution in [0.5, 0.6) is 0 Å². The highest BCUT2D eigenvalue weighted by atomic mass is 35.5. The summed E-state index contributed by atoms with van der Waals surface area (Å²) in [6.45, 7) is 13.1. The average Bonchev–Trinajstić information content (AvgIpc) is 2.27. The number of carbonyl (C=O) groups is 2. The number of rotatable bonds is 4. The number of hydrogen-bond donors (Lipinski definition) is 1. The van der Waals surface area contributed by atoms with Crippen molar-refractivity contribution in [2.75, 3.05) is 7.11 Å². The fourth-order valence-electron chi connectivity index (χ4n) is 0.482. The molecule has 19 heavy (non-hydrogen) atoms. The maximum Gasteiger partial charge on any atom is 0.316 e. The number of aliphatic carboxylic acids is 1. The Balaban J connectivity index is 0. The van der Waals surface area contributed by atoms with E-state index in [2.05, 4.69) is 17.9 Å². The van der Waals surface area contributed by atoms with Crippen molar-refractivity contribution in [3.05, 3.63) is 23.2 Å². The molecule has 0 radical (unpaired) electrons. The minimum absolute atomic E-state index is 0.148. The number of ether oxygens (including phenoxy) is 1. The Morgan fingerprint density at radius 2 is 1.32 bits per heavy atom. The van der Waals surface area contributed by atoms with Crippen LogP contribution < -0.4 is 0 Å². The van der Waals surface area contributed by atoms with E-state index < -0.39 is 16.8 Å². The molecule has 0 atom stereocenters. The lowest BCUT2D eigenvalue weighted by atomic mass is 9.94. The lowest BCUT2D eigenvalue weighted by Crippen LogP contribution is -2.25. The first-order valence-corrected chi connectivity index (χ1v) is 6.09. The van der Waals surface area contributed by atoms with Gasteiger partial charge in [-0.3, -0.25) is 9.59 Å². The summed E-state index contributed by atoms with van der Waals surface area (Å²) in [5, 5.41) is 8.91. The minimum Gasteiger partial charge on any atom is -0.481 e. The topological polar surface area (TPSA) is 63.6 Å². The number of esters is 1. The van der Waals surface area contributed by atoms with Crippen LogP contribution in [0.3, 0.4) is 0 Å². The molecule has 4 nitrogen and oxygen atoms in total. The van der Waals surface area contributed by atoms with Gasteiger partial charge in [0.25, 0.3) is 0 Å². The van der Waals surface area contributed by atoms with Crippen LogP contribution in [-0.2, 0) is 14.3 Å². The molecule has 0 aromatic rings. The van der Waals surface area contributed by atoms with Crippen LogP contribution in [0.2, 0.25) is 0 Å². The Morgan fingerprint density at radius 1 is 1.00 bits per heavy atom. The van der Waals surface area contributed by atoms with Crippen molar-refractivity contribution in [3.8, 4) is 0 Å². The van der Waals surface area contributed by atoms with E-state index in [0.29, 0.717) is 5.03 Å². The number of carboxylic acid groups (broad SMARTS) is 1. The number of hydrogen-bond acceptors (Lipinski definition) is 3. The van der Waals surface area contributed by atoms with Gasteiger partial charge in [-0.05, 0) is 27.7 Å². The van der Waals surface area contributed by atoms with Crippen molar-refractivity contribution in [1.29, 1.82) is 0 Å². The zero-order valence-corrected chi connectivity index (χ0v) is 13.4. The van der Waals surface area contributed by atoms with Crippen molar-refractivity contribution in [2.45, 2.75) is 27.7 Å². The van der Waals surface area contributed by atoms with E-state index in [9.17, 15) is 9.59 Å². The Hall–Kier alpha value is -1.00. The fraction of sp³-hybridized carbons (Fsp3) is 0.538. The third-order valence-corrected chi connectivity index (χ3v) is 3.53. The molecule has 0 amide bonds. The molecule has 6 heteroatoms. The highest BCUT2D eigenvalue weighted by Gasteiger charge is 2.31. The largest absolute Gasteiger partial charge is 0.481 e. The smallest absolute Gasteiger partial charge is 0.316 e. The van der Waals surface area contributed by atoms with Crippen LogP contribution >= 0.6 is 23.2 Å². The summed E-state index contributed by atoms with van der Waals surface area (Å²) in [5.74, 6) is -1.32. The number of carboxylic acids is 1. The molecule has 0 bridgehead atoms. The molecule has 0 spiro atoms. The Morgan fingerprint density at radius 3 is 1.37 bits per heavy atom. The van der Waals surface area contributed by atoms with Crippen molar-refractivity contribution >= 4 is 35.1 Å². The predicted molar refractivity (Wildman–Crippen MR) is 77.2 cm³/mol. The maximum absolute atomic E-state index is 10.9. The molecular weight excluding hydrogens is 291 g/mol. The van der Waals surface area contributed by atoms with E-state index in [-0.39, 0.29) is 11.0 Å². The van der Waals surface area contributed by atoms with Gasteiger partial charge in [0, 0.05) is 10.1 Å². The molecule has 0 aliphatic heterocycles. The molecule has 0 heterocycles. The zero-order valence-electron chi connectivity index (χ0n) is 11.8. The van der Waals surface area contributed by atoms with Gasteiger partial charge in [0.2, 0.25) is 0 Å². The lowest BCUT2D eigenvalue weighted by Gasteiger charge is -2.19. The van der Waals surface area contributed by atoms with Crippen molar-refractivity contribution in [2.24, 2.45) is 10.8 Å². The van der Waals surface area contributed by atoms with Crippen molar-refractivity contribution < 1.29 is 19.4 Å². The molecule has 0 aromatic heterocycles. The monoisotopic (exact) mass is 310 g/mol. The molecule has 110 valence electrons. The van der Waals surface area contributed by atoms with E-state index in [4.69, 9.17) is 28.3 Å². The lowest BCUT2D eigenvalue weighted by molar-refractivity contribution is -0.148. The fourth-order valence-corrected chi connectivity index (χ4v) is 0.640. The highest BCUT2D eigenvalue weighted by Crippen LogP contribution is 2.29. The summed E-state index contributed by atoms with van der Waals surface area (Å²) in [4.78, 5) is 21.2. The Bertz CT molecular complexity index is 368. The number of carbonyl (C=O) groups excluding carboxylic acids is 1. The SMILES string of the molecule is C=C(Cl)C(C)(C)C(=O)O.C=C(Cl)C(C)(C)C(=O)OC. The van der Waals surface area contributed by atoms with Gasteiger partial charge in [-0.15, -0.1) is 0 Å². The van der Waals surface area contributed by atoms with Gasteiger partial charge in [-0.2, -0.15) is 0 Å². The molecule has 0 rings (SSSR count). The first kappa shape index (κ1) is 20.3. The van der Waals surface area contributed by atoms with Crippen LogP contribution in [0.25, 0.3) is 0 Å². The van der Waals surface area contributed by atoms with E-state index in [1.807, 2.05) is 0 Å². The van der Waals surface area contributed by atoms with Gasteiger partial charge >= 0.3 is 11.9 Å². The molecule has 1 N–H and O–H groups in total. The maximum atomic E-state index is 10.9. The van der Waals surface area contributed by atoms with Gasteiger partial charge in [0.1, 0.15) is 0 Å². The second kappa shape index (κ2) is 7.56. The van der Waals surface area contributed by atoms with E-state index in [1.54, 1.807) is 13.8 Å². The van der Waals surface area contributed by atoms with Crippen LogP contribution in [0.1, 0.15) is 27.7 Å². The Labute approximate surface area is 124 Å². The van der Waals surface area contributed by atoms with Gasteiger partial charge in [0.15, 0.2) is 0 Å². The molecule has 0 aliphatic carbocycles. The summed E-state index contributed by atoms with van der Waals surface area (Å²) in [5.41, 5.74) is -1.79. The third-order valence-electron chi connectivity index (χ3n) is 2.59. The molecule has 0 saturated carbocycles. The second-order valence-electron chi connectivity index (χ2n) is 4.86. The standard InChI is InChI=1S/C7H11ClO2.C6H9ClO2/c1-5(8)7(2,3)6(9)10-4;1-4(7)6(2,3)5(8)9/h1H2,2-4H3;1H2,2-3H3,(H,8,9). The van der Waals surface area contributed by atoms with Gasteiger partial charge in [0.05, 0.1) is 17.9 Å². The van der Waals surface area contributed by atoms with E-state index in [0.717, 1.165) is 0 Å². The summed E-state index contributed by atoms with van der Waals surface area (Å²) in [6.07, 6.45) is 0. The quantitative estimate of drug-likeness (QED) is 0.802. The summed E-state index contributed by atoms with van der Waals surface area (Å²) in [6, 6.07) is 0. The third kappa shape index (κ3) is 6.12. The molecule has 0 aromatic carbocycles. The average molecular weight is 311 g/mol. The Kier molecular flexibility index (Phi) is 8.08. The highest BCUT2D eigenvalue weighted by molar-refractivity contribution is 6.31. The zero-order chi connectivity index (χ0) is 16.0. The van der Waals surface area contributed by atoms with Crippen LogP contribution in [0.4, 0.5) is 0 Å². The summed E-state index contributed by atoms with van der Waals surface area (Å²) in [7, 11) is 1.32. The summed E-state index contributed by atoms with van der Waals surface area (Å²) >= 11 is 10.9. The molecule has 0 saturated heterocycles. The minimum atomic E-state index is -1.01. The molecule has 0 unspecified atom stereocenters. The normalized spacial score (nSPS) is 10.9. The van der Waals surface area contributed by atoms with Crippen molar-refractivity contribution in [3.63, 3.8) is 0 Å². The molecule has 0 aliphatic rings. The van der Waals surface area contributed by atoms with Crippen LogP contribution in [0, 0.1) is 10.8 Å². The first-order valence-electron chi connectivity index (χ1n) is 5.33. The van der Waals surface area contributed by atoms with Gasteiger partial charge in [-0.1, -0.05) is 36.4 Å². The van der Waals surface area contributed by atoms with Gasteiger partial charge < -0.3 is 9.84 Å². The van der Waals surface area contributed by atoms with E-state index >= 15 is 0 Å².